The molecule has 0 aromatic heterocycles. The Morgan fingerprint density at radius 3 is 2.65 bits per heavy atom. The smallest absolute Gasteiger partial charge is 0.252 e. The van der Waals surface area contributed by atoms with Crippen LogP contribution in [0.2, 0.25) is 0 Å². The normalized spacial score (nSPS) is 25.9. The Balaban J connectivity index is 2.17. The molecule has 0 bridgehead atoms. The number of carbonyl (C=O) groups excluding carboxylic acids is 1. The van der Waals surface area contributed by atoms with Crippen LogP contribution in [0.15, 0.2) is 24.3 Å². The lowest BCUT2D eigenvalue weighted by atomic mass is 9.77. The molecule has 1 fully saturated rings. The van der Waals surface area contributed by atoms with Gasteiger partial charge in [-0.1, -0.05) is 25.2 Å². The number of rotatable bonds is 3. The monoisotopic (exact) mass is 292 g/mol. The van der Waals surface area contributed by atoms with Gasteiger partial charge in [-0.3, -0.25) is 4.79 Å². The lowest BCUT2D eigenvalue weighted by molar-refractivity contribution is 0.0900. The third-order valence-corrected chi connectivity index (χ3v) is 4.45. The zero-order chi connectivity index (χ0) is 14.8. The Hall–Kier alpha value is -1.62. The molecule has 2 rings (SSSR count). The van der Waals surface area contributed by atoms with E-state index in [2.05, 4.69) is 12.2 Å². The lowest BCUT2D eigenvalue weighted by Gasteiger charge is -2.39. The van der Waals surface area contributed by atoms with E-state index in [1.807, 2.05) is 0 Å². The first kappa shape index (κ1) is 14.8. The minimum atomic E-state index is -0.593. The zero-order valence-electron chi connectivity index (χ0n) is 11.6. The highest BCUT2D eigenvalue weighted by atomic mass is 32.1. The van der Waals surface area contributed by atoms with Gasteiger partial charge in [-0.25, -0.2) is 0 Å². The van der Waals surface area contributed by atoms with Gasteiger partial charge >= 0.3 is 0 Å². The summed E-state index contributed by atoms with van der Waals surface area (Å²) in [5.41, 5.74) is 5.69. The molecule has 0 spiro atoms. The van der Waals surface area contributed by atoms with E-state index in [-0.39, 0.29) is 11.7 Å². The second-order valence-electron chi connectivity index (χ2n) is 5.63. The number of amides is 1. The van der Waals surface area contributed by atoms with Crippen molar-refractivity contribution in [1.82, 2.24) is 5.32 Å². The molecule has 1 aromatic rings. The first-order valence-electron chi connectivity index (χ1n) is 6.84. The quantitative estimate of drug-likeness (QED) is 0.748. The molecule has 0 aliphatic heterocycles. The van der Waals surface area contributed by atoms with E-state index in [1.165, 1.54) is 12.1 Å². The number of hydrogen-bond acceptors (Lipinski definition) is 3. The molecule has 5 heteroatoms. The largest absolute Gasteiger partial charge is 0.508 e. The molecule has 0 atom stereocenters. The number of carbonyl (C=O) groups is 1. The van der Waals surface area contributed by atoms with Crippen LogP contribution >= 0.6 is 12.2 Å². The fourth-order valence-corrected chi connectivity index (χ4v) is 2.88. The number of hydrogen-bond donors (Lipinski definition) is 3. The van der Waals surface area contributed by atoms with Crippen molar-refractivity contribution in [1.29, 1.82) is 0 Å². The predicted octanol–water partition coefficient (Wildman–Crippen LogP) is 2.36. The summed E-state index contributed by atoms with van der Waals surface area (Å²) < 4.78 is 0. The van der Waals surface area contributed by atoms with Crippen LogP contribution in [0, 0.1) is 5.92 Å². The highest BCUT2D eigenvalue weighted by Crippen LogP contribution is 2.32. The molecule has 108 valence electrons. The Labute approximate surface area is 124 Å². The van der Waals surface area contributed by atoms with Gasteiger partial charge in [-0.2, -0.15) is 0 Å². The highest BCUT2D eigenvalue weighted by Gasteiger charge is 2.38. The molecule has 4 N–H and O–H groups in total. The fraction of sp³-hybridized carbons (Fsp3) is 0.467. The summed E-state index contributed by atoms with van der Waals surface area (Å²) >= 11 is 5.17. The molecule has 0 unspecified atom stereocenters. The van der Waals surface area contributed by atoms with Gasteiger partial charge in [0.25, 0.3) is 5.91 Å². The van der Waals surface area contributed by atoms with Crippen LogP contribution in [0.5, 0.6) is 5.75 Å². The van der Waals surface area contributed by atoms with Crippen LogP contribution in [-0.2, 0) is 0 Å². The molecule has 20 heavy (non-hydrogen) atoms. The number of nitrogens with two attached hydrogens (primary N) is 1. The molecule has 0 radical (unpaired) electrons. The van der Waals surface area contributed by atoms with Crippen molar-refractivity contribution in [2.45, 2.75) is 38.1 Å². The first-order chi connectivity index (χ1) is 9.43. The maximum Gasteiger partial charge on any atom is 0.252 e. The topological polar surface area (TPSA) is 75.3 Å². The average molecular weight is 292 g/mol. The number of thiocarbonyl (C=S) groups is 1. The van der Waals surface area contributed by atoms with E-state index in [0.29, 0.717) is 16.5 Å². The minimum absolute atomic E-state index is 0.0688. The molecule has 1 saturated carbocycles. The van der Waals surface area contributed by atoms with Gasteiger partial charge in [-0.05, 0) is 49.8 Å². The van der Waals surface area contributed by atoms with Crippen LogP contribution in [0.4, 0.5) is 0 Å². The Bertz CT molecular complexity index is 522. The SMILES string of the molecule is CC1CCC(NC(=O)c2cccc(O)c2)(C(N)=S)CC1. The van der Waals surface area contributed by atoms with E-state index >= 15 is 0 Å². The highest BCUT2D eigenvalue weighted by molar-refractivity contribution is 7.80. The predicted molar refractivity (Wildman–Crippen MR) is 82.7 cm³/mol. The summed E-state index contributed by atoms with van der Waals surface area (Å²) in [6.07, 6.45) is 3.54. The van der Waals surface area contributed by atoms with Crippen molar-refractivity contribution >= 4 is 23.1 Å². The van der Waals surface area contributed by atoms with Crippen LogP contribution in [-0.4, -0.2) is 21.5 Å². The number of phenols is 1. The van der Waals surface area contributed by atoms with E-state index in [4.69, 9.17) is 18.0 Å². The maximum absolute atomic E-state index is 12.3. The van der Waals surface area contributed by atoms with Crippen LogP contribution in [0.25, 0.3) is 0 Å². The Kier molecular flexibility index (Phi) is 4.28. The first-order valence-corrected chi connectivity index (χ1v) is 7.25. The third kappa shape index (κ3) is 3.10. The molecule has 1 aromatic carbocycles. The second-order valence-corrected chi connectivity index (χ2v) is 6.07. The van der Waals surface area contributed by atoms with Crippen LogP contribution < -0.4 is 11.1 Å². The molecule has 1 aliphatic rings. The number of nitrogens with one attached hydrogen (secondary N) is 1. The lowest BCUT2D eigenvalue weighted by Crippen LogP contribution is -2.58. The standard InChI is InChI=1S/C15H20N2O2S/c1-10-5-7-15(8-6-10,14(16)20)17-13(19)11-3-2-4-12(18)9-11/h2-4,9-10,18H,5-8H2,1H3,(H2,16,20)(H,17,19). The van der Waals surface area contributed by atoms with E-state index in [9.17, 15) is 9.90 Å². The van der Waals surface area contributed by atoms with Gasteiger partial charge in [0.05, 0.1) is 10.5 Å². The Morgan fingerprint density at radius 1 is 1.45 bits per heavy atom. The summed E-state index contributed by atoms with van der Waals surface area (Å²) in [6, 6.07) is 6.27. The average Bonchev–Trinajstić information content (AvgIpc) is 2.41. The van der Waals surface area contributed by atoms with Crippen molar-refractivity contribution in [2.24, 2.45) is 11.7 Å². The third-order valence-electron chi connectivity index (χ3n) is 4.06. The van der Waals surface area contributed by atoms with Crippen molar-refractivity contribution in [3.05, 3.63) is 29.8 Å². The van der Waals surface area contributed by atoms with E-state index in [0.717, 1.165) is 25.7 Å². The maximum atomic E-state index is 12.3. The van der Waals surface area contributed by atoms with Crippen molar-refractivity contribution in [2.75, 3.05) is 0 Å². The summed E-state index contributed by atoms with van der Waals surface area (Å²) in [4.78, 5) is 12.7. The Morgan fingerprint density at radius 2 is 2.10 bits per heavy atom. The van der Waals surface area contributed by atoms with Gasteiger partial charge in [0.2, 0.25) is 0 Å². The van der Waals surface area contributed by atoms with E-state index in [1.54, 1.807) is 12.1 Å². The van der Waals surface area contributed by atoms with Gasteiger partial charge in [0.15, 0.2) is 0 Å². The van der Waals surface area contributed by atoms with Crippen LogP contribution in [0.3, 0.4) is 0 Å². The minimum Gasteiger partial charge on any atom is -0.508 e. The number of aromatic hydroxyl groups is 1. The molecule has 4 nitrogen and oxygen atoms in total. The summed E-state index contributed by atoms with van der Waals surface area (Å²) in [5.74, 6) is 0.456. The molecular weight excluding hydrogens is 272 g/mol. The number of phenolic OH excluding ortho intramolecular Hbond substituents is 1. The van der Waals surface area contributed by atoms with Crippen molar-refractivity contribution < 1.29 is 9.90 Å². The van der Waals surface area contributed by atoms with E-state index < -0.39 is 5.54 Å². The molecule has 0 saturated heterocycles. The molecule has 0 heterocycles. The van der Waals surface area contributed by atoms with Gasteiger partial charge < -0.3 is 16.2 Å². The fourth-order valence-electron chi connectivity index (χ4n) is 2.62. The summed E-state index contributed by atoms with van der Waals surface area (Å²) in [6.45, 7) is 2.19. The van der Waals surface area contributed by atoms with Gasteiger partial charge in [0.1, 0.15) is 5.75 Å². The second kappa shape index (κ2) is 5.79. The van der Waals surface area contributed by atoms with Crippen LogP contribution in [0.1, 0.15) is 43.0 Å². The summed E-state index contributed by atoms with van der Waals surface area (Å²) in [7, 11) is 0. The number of benzene rings is 1. The zero-order valence-corrected chi connectivity index (χ0v) is 12.4. The molecule has 1 aliphatic carbocycles. The molecular formula is C15H20N2O2S. The van der Waals surface area contributed by atoms with Crippen molar-refractivity contribution in [3.8, 4) is 5.75 Å². The van der Waals surface area contributed by atoms with Gasteiger partial charge in [-0.15, -0.1) is 0 Å². The van der Waals surface area contributed by atoms with Crippen molar-refractivity contribution in [3.63, 3.8) is 0 Å². The summed E-state index contributed by atoms with van der Waals surface area (Å²) in [5, 5.41) is 12.4. The van der Waals surface area contributed by atoms with Gasteiger partial charge in [0, 0.05) is 5.56 Å². The molecule has 1 amide bonds.